The summed E-state index contributed by atoms with van der Waals surface area (Å²) < 4.78 is 14.8. The van der Waals surface area contributed by atoms with E-state index < -0.39 is 5.91 Å². The van der Waals surface area contributed by atoms with Crippen LogP contribution in [0.3, 0.4) is 0 Å². The minimum atomic E-state index is -0.411. The van der Waals surface area contributed by atoms with E-state index in [2.05, 4.69) is 15.7 Å². The average Bonchev–Trinajstić information content (AvgIpc) is 3.40. The predicted molar refractivity (Wildman–Crippen MR) is 120 cm³/mol. The SMILES string of the molecule is Cc1cc(NC(=O)c2ccc(Cl)c(NC(=O)c3cccs3)c2)n(-c2ccc(F)cc2)n1. The molecule has 2 aromatic heterocycles. The minimum Gasteiger partial charge on any atom is -0.320 e. The van der Waals surface area contributed by atoms with E-state index in [0.29, 0.717) is 38.3 Å². The number of anilines is 2. The fraction of sp³-hybridized carbons (Fsp3) is 0.0455. The lowest BCUT2D eigenvalue weighted by Crippen LogP contribution is -2.16. The van der Waals surface area contributed by atoms with E-state index in [1.165, 1.54) is 34.2 Å². The Labute approximate surface area is 186 Å². The van der Waals surface area contributed by atoms with Crippen molar-refractivity contribution in [2.75, 3.05) is 10.6 Å². The summed E-state index contributed by atoms with van der Waals surface area (Å²) in [5.41, 5.74) is 1.91. The number of aryl methyl sites for hydroxylation is 1. The van der Waals surface area contributed by atoms with Crippen molar-refractivity contribution in [2.24, 2.45) is 0 Å². The molecule has 0 atom stereocenters. The van der Waals surface area contributed by atoms with E-state index in [-0.39, 0.29) is 11.7 Å². The molecular weight excluding hydrogens is 439 g/mol. The zero-order valence-corrected chi connectivity index (χ0v) is 17.8. The summed E-state index contributed by atoms with van der Waals surface area (Å²) in [6, 6.07) is 15.6. The van der Waals surface area contributed by atoms with Crippen LogP contribution in [0.15, 0.2) is 66.0 Å². The summed E-state index contributed by atoms with van der Waals surface area (Å²) in [5, 5.41) is 12.0. The Hall–Kier alpha value is -3.49. The standard InChI is InChI=1S/C22H16ClFN4O2S/c1-13-11-20(28(27-13)16-7-5-15(24)6-8-16)26-21(29)14-4-9-17(23)18(12-14)25-22(30)19-3-2-10-31-19/h2-12H,1H3,(H,25,30)(H,26,29). The molecule has 0 aliphatic rings. The predicted octanol–water partition coefficient (Wildman–Crippen LogP) is 5.54. The number of nitrogens with one attached hydrogen (secondary N) is 2. The van der Waals surface area contributed by atoms with Crippen LogP contribution >= 0.6 is 22.9 Å². The largest absolute Gasteiger partial charge is 0.320 e. The van der Waals surface area contributed by atoms with Crippen molar-refractivity contribution in [3.8, 4) is 5.69 Å². The van der Waals surface area contributed by atoms with E-state index in [4.69, 9.17) is 11.6 Å². The van der Waals surface area contributed by atoms with Gasteiger partial charge in [0.05, 0.1) is 27.0 Å². The summed E-state index contributed by atoms with van der Waals surface area (Å²) in [5.74, 6) is -0.657. The van der Waals surface area contributed by atoms with E-state index in [1.54, 1.807) is 54.8 Å². The molecule has 0 aliphatic heterocycles. The maximum atomic E-state index is 13.3. The number of aromatic nitrogens is 2. The zero-order chi connectivity index (χ0) is 22.0. The van der Waals surface area contributed by atoms with Gasteiger partial charge in [0, 0.05) is 11.6 Å². The van der Waals surface area contributed by atoms with Gasteiger partial charge < -0.3 is 10.6 Å². The molecule has 2 aromatic carbocycles. The van der Waals surface area contributed by atoms with Crippen molar-refractivity contribution in [3.63, 3.8) is 0 Å². The average molecular weight is 455 g/mol. The Kier molecular flexibility index (Phi) is 5.83. The fourth-order valence-electron chi connectivity index (χ4n) is 2.91. The Morgan fingerprint density at radius 1 is 1.03 bits per heavy atom. The molecular formula is C22H16ClFN4O2S. The lowest BCUT2D eigenvalue weighted by Gasteiger charge is -2.11. The molecule has 4 aromatic rings. The lowest BCUT2D eigenvalue weighted by atomic mass is 10.2. The first-order valence-corrected chi connectivity index (χ1v) is 10.4. The Balaban J connectivity index is 1.57. The quantitative estimate of drug-likeness (QED) is 0.415. The molecule has 0 saturated carbocycles. The van der Waals surface area contributed by atoms with Gasteiger partial charge >= 0.3 is 0 Å². The van der Waals surface area contributed by atoms with Gasteiger partial charge in [0.1, 0.15) is 11.6 Å². The number of thiophene rings is 1. The second kappa shape index (κ2) is 8.71. The Morgan fingerprint density at radius 3 is 2.52 bits per heavy atom. The van der Waals surface area contributed by atoms with Crippen LogP contribution in [0.4, 0.5) is 15.9 Å². The van der Waals surface area contributed by atoms with Crippen LogP contribution in [0, 0.1) is 12.7 Å². The second-order valence-electron chi connectivity index (χ2n) is 6.64. The molecule has 0 unspecified atom stereocenters. The van der Waals surface area contributed by atoms with Gasteiger partial charge in [-0.2, -0.15) is 5.10 Å². The zero-order valence-electron chi connectivity index (χ0n) is 16.2. The summed E-state index contributed by atoms with van der Waals surface area (Å²) in [7, 11) is 0. The number of benzene rings is 2. The highest BCUT2D eigenvalue weighted by molar-refractivity contribution is 7.12. The van der Waals surface area contributed by atoms with Crippen LogP contribution in [0.2, 0.25) is 5.02 Å². The summed E-state index contributed by atoms with van der Waals surface area (Å²) in [4.78, 5) is 25.7. The molecule has 0 aliphatic carbocycles. The van der Waals surface area contributed by atoms with E-state index in [0.717, 1.165) is 0 Å². The molecule has 2 heterocycles. The molecule has 9 heteroatoms. The van der Waals surface area contributed by atoms with Crippen molar-refractivity contribution in [2.45, 2.75) is 6.92 Å². The van der Waals surface area contributed by atoms with Crippen LogP contribution in [0.5, 0.6) is 0 Å². The number of amides is 2. The van der Waals surface area contributed by atoms with Crippen LogP contribution in [-0.4, -0.2) is 21.6 Å². The maximum absolute atomic E-state index is 13.3. The van der Waals surface area contributed by atoms with Gasteiger partial charge in [0.25, 0.3) is 11.8 Å². The molecule has 0 spiro atoms. The molecule has 156 valence electrons. The van der Waals surface area contributed by atoms with Crippen molar-refractivity contribution in [1.82, 2.24) is 9.78 Å². The van der Waals surface area contributed by atoms with Gasteiger partial charge in [0.15, 0.2) is 0 Å². The number of carbonyl (C=O) groups is 2. The van der Waals surface area contributed by atoms with Crippen LogP contribution in [0.25, 0.3) is 5.69 Å². The number of hydrogen-bond acceptors (Lipinski definition) is 4. The molecule has 4 rings (SSSR count). The number of rotatable bonds is 5. The topological polar surface area (TPSA) is 76.0 Å². The van der Waals surface area contributed by atoms with Gasteiger partial charge in [-0.15, -0.1) is 11.3 Å². The van der Waals surface area contributed by atoms with Gasteiger partial charge in [-0.25, -0.2) is 9.07 Å². The number of hydrogen-bond donors (Lipinski definition) is 2. The van der Waals surface area contributed by atoms with Crippen LogP contribution in [0.1, 0.15) is 25.7 Å². The molecule has 6 nitrogen and oxygen atoms in total. The third-order valence-corrected chi connectivity index (χ3v) is 5.56. The molecule has 2 N–H and O–H groups in total. The maximum Gasteiger partial charge on any atom is 0.265 e. The van der Waals surface area contributed by atoms with E-state index >= 15 is 0 Å². The minimum absolute atomic E-state index is 0.301. The first kappa shape index (κ1) is 20.8. The molecule has 0 saturated heterocycles. The smallest absolute Gasteiger partial charge is 0.265 e. The first-order chi connectivity index (χ1) is 14.9. The van der Waals surface area contributed by atoms with Gasteiger partial charge in [0.2, 0.25) is 0 Å². The van der Waals surface area contributed by atoms with Gasteiger partial charge in [-0.05, 0) is 60.8 Å². The second-order valence-corrected chi connectivity index (χ2v) is 7.99. The normalized spacial score (nSPS) is 10.7. The van der Waals surface area contributed by atoms with E-state index in [1.807, 2.05) is 0 Å². The van der Waals surface area contributed by atoms with Crippen molar-refractivity contribution >= 4 is 46.3 Å². The number of nitrogens with zero attached hydrogens (tertiary/aromatic N) is 2. The van der Waals surface area contributed by atoms with Crippen molar-refractivity contribution < 1.29 is 14.0 Å². The summed E-state index contributed by atoms with van der Waals surface area (Å²) in [6.45, 7) is 1.79. The lowest BCUT2D eigenvalue weighted by molar-refractivity contribution is 0.101. The number of carbonyl (C=O) groups excluding carboxylic acids is 2. The molecule has 0 bridgehead atoms. The highest BCUT2D eigenvalue weighted by Crippen LogP contribution is 2.25. The third-order valence-electron chi connectivity index (χ3n) is 4.37. The number of halogens is 2. The molecule has 0 radical (unpaired) electrons. The highest BCUT2D eigenvalue weighted by Gasteiger charge is 2.16. The molecule has 2 amide bonds. The van der Waals surface area contributed by atoms with Crippen molar-refractivity contribution in [1.29, 1.82) is 0 Å². The van der Waals surface area contributed by atoms with Gasteiger partial charge in [-0.3, -0.25) is 9.59 Å². The fourth-order valence-corrected chi connectivity index (χ4v) is 3.69. The highest BCUT2D eigenvalue weighted by atomic mass is 35.5. The third kappa shape index (κ3) is 4.65. The first-order valence-electron chi connectivity index (χ1n) is 9.19. The molecule has 0 fully saturated rings. The van der Waals surface area contributed by atoms with E-state index in [9.17, 15) is 14.0 Å². The summed E-state index contributed by atoms with van der Waals surface area (Å²) in [6.07, 6.45) is 0. The Bertz CT molecular complexity index is 1250. The monoisotopic (exact) mass is 454 g/mol. The summed E-state index contributed by atoms with van der Waals surface area (Å²) >= 11 is 7.50. The van der Waals surface area contributed by atoms with Crippen molar-refractivity contribution in [3.05, 3.63) is 93.0 Å². The van der Waals surface area contributed by atoms with Crippen LogP contribution in [-0.2, 0) is 0 Å². The van der Waals surface area contributed by atoms with Crippen LogP contribution < -0.4 is 10.6 Å². The molecule has 31 heavy (non-hydrogen) atoms. The van der Waals surface area contributed by atoms with Gasteiger partial charge in [-0.1, -0.05) is 17.7 Å². The Morgan fingerprint density at radius 2 is 1.81 bits per heavy atom.